The van der Waals surface area contributed by atoms with Crippen molar-refractivity contribution in [1.29, 1.82) is 0 Å². The summed E-state index contributed by atoms with van der Waals surface area (Å²) in [6.07, 6.45) is 0. The molecule has 15 heavy (non-hydrogen) atoms. The van der Waals surface area contributed by atoms with Crippen molar-refractivity contribution in [3.8, 4) is 0 Å². The van der Waals surface area contributed by atoms with Gasteiger partial charge in [0, 0.05) is 28.7 Å². The van der Waals surface area contributed by atoms with Gasteiger partial charge in [-0.05, 0) is 17.7 Å². The predicted molar refractivity (Wildman–Crippen MR) is 66.5 cm³/mol. The topological polar surface area (TPSA) is 38.0 Å². The number of nitrogens with one attached hydrogen (secondary N) is 1. The van der Waals surface area contributed by atoms with Gasteiger partial charge in [-0.15, -0.1) is 0 Å². The van der Waals surface area contributed by atoms with E-state index in [0.717, 1.165) is 12.1 Å². The first kappa shape index (κ1) is 12.8. The average molecular weight is 247 g/mol. The van der Waals surface area contributed by atoms with Crippen molar-refractivity contribution in [3.63, 3.8) is 0 Å². The van der Waals surface area contributed by atoms with Crippen molar-refractivity contribution in [2.24, 2.45) is 5.73 Å². The molecule has 0 heterocycles. The van der Waals surface area contributed by atoms with E-state index in [1.165, 1.54) is 0 Å². The summed E-state index contributed by atoms with van der Waals surface area (Å²) >= 11 is 12.0. The fourth-order valence-corrected chi connectivity index (χ4v) is 2.18. The van der Waals surface area contributed by atoms with E-state index >= 15 is 0 Å². The molecule has 0 saturated carbocycles. The molecule has 0 aromatic heterocycles. The number of benzene rings is 1. The van der Waals surface area contributed by atoms with Crippen LogP contribution >= 0.6 is 23.2 Å². The molecule has 1 aromatic rings. The van der Waals surface area contributed by atoms with E-state index in [2.05, 4.69) is 19.2 Å². The van der Waals surface area contributed by atoms with Crippen molar-refractivity contribution in [2.45, 2.75) is 19.3 Å². The summed E-state index contributed by atoms with van der Waals surface area (Å²) in [7, 11) is 0. The number of rotatable bonds is 4. The van der Waals surface area contributed by atoms with Crippen LogP contribution in [-0.4, -0.2) is 13.2 Å². The molecule has 3 N–H and O–H groups in total. The Balaban J connectivity index is 2.93. The maximum atomic E-state index is 6.15. The molecule has 0 fully saturated rings. The summed E-state index contributed by atoms with van der Waals surface area (Å²) in [4.78, 5) is 0. The summed E-state index contributed by atoms with van der Waals surface area (Å²) < 4.78 is 0. The van der Waals surface area contributed by atoms with Crippen molar-refractivity contribution < 1.29 is 0 Å². The van der Waals surface area contributed by atoms with Gasteiger partial charge in [0.1, 0.15) is 0 Å². The lowest BCUT2D eigenvalue weighted by atomic mass is 9.84. The minimum atomic E-state index is -0.0545. The highest BCUT2D eigenvalue weighted by molar-refractivity contribution is 6.35. The first-order chi connectivity index (χ1) is 6.97. The molecule has 0 saturated heterocycles. The second kappa shape index (κ2) is 5.17. The molecule has 0 spiro atoms. The lowest BCUT2D eigenvalue weighted by Gasteiger charge is -2.26. The fourth-order valence-electron chi connectivity index (χ4n) is 1.52. The molecule has 0 unspecified atom stereocenters. The summed E-state index contributed by atoms with van der Waals surface area (Å²) in [6.45, 7) is 5.48. The Labute approximate surface area is 101 Å². The Bertz CT molecular complexity index is 337. The monoisotopic (exact) mass is 246 g/mol. The second-order valence-corrected chi connectivity index (χ2v) is 4.98. The van der Waals surface area contributed by atoms with Gasteiger partial charge in [-0.2, -0.15) is 0 Å². The predicted octanol–water partition coefficient (Wildman–Crippen LogP) is 2.78. The standard InChI is InChI=1S/C11H16Cl2N2/c1-11(2,6-15-7-14)9-4-3-8(12)5-10(9)13/h3-5,15H,6-7,14H2,1-2H3. The third kappa shape index (κ3) is 3.35. The Kier molecular flexibility index (Phi) is 4.41. The van der Waals surface area contributed by atoms with E-state index in [9.17, 15) is 0 Å². The molecule has 0 radical (unpaired) electrons. The van der Waals surface area contributed by atoms with Crippen LogP contribution < -0.4 is 11.1 Å². The minimum absolute atomic E-state index is 0.0545. The van der Waals surface area contributed by atoms with Crippen LogP contribution in [0.5, 0.6) is 0 Å². The lowest BCUT2D eigenvalue weighted by Crippen LogP contribution is -2.36. The highest BCUT2D eigenvalue weighted by atomic mass is 35.5. The maximum absolute atomic E-state index is 6.15. The number of hydrogen-bond donors (Lipinski definition) is 2. The van der Waals surface area contributed by atoms with Crippen LogP contribution in [0.4, 0.5) is 0 Å². The third-order valence-corrected chi connectivity index (χ3v) is 2.92. The van der Waals surface area contributed by atoms with Gasteiger partial charge in [-0.25, -0.2) is 0 Å². The molecule has 0 aliphatic heterocycles. The number of nitrogens with two attached hydrogens (primary N) is 1. The van der Waals surface area contributed by atoms with Crippen LogP contribution in [-0.2, 0) is 5.41 Å². The van der Waals surface area contributed by atoms with Gasteiger partial charge in [0.25, 0.3) is 0 Å². The zero-order valence-corrected chi connectivity index (χ0v) is 10.5. The van der Waals surface area contributed by atoms with Crippen molar-refractivity contribution in [1.82, 2.24) is 5.32 Å². The zero-order valence-electron chi connectivity index (χ0n) is 8.98. The van der Waals surface area contributed by atoms with Crippen LogP contribution in [0.1, 0.15) is 19.4 Å². The zero-order chi connectivity index (χ0) is 11.5. The normalized spacial score (nSPS) is 11.8. The smallest absolute Gasteiger partial charge is 0.0458 e. The molecule has 0 bridgehead atoms. The molecule has 2 nitrogen and oxygen atoms in total. The van der Waals surface area contributed by atoms with Crippen LogP contribution in [0.2, 0.25) is 10.0 Å². The lowest BCUT2D eigenvalue weighted by molar-refractivity contribution is 0.474. The molecule has 84 valence electrons. The van der Waals surface area contributed by atoms with E-state index in [0.29, 0.717) is 16.7 Å². The Morgan fingerprint density at radius 2 is 2.00 bits per heavy atom. The molecule has 0 aliphatic rings. The molecule has 4 heteroatoms. The van der Waals surface area contributed by atoms with Gasteiger partial charge in [-0.1, -0.05) is 43.1 Å². The van der Waals surface area contributed by atoms with Gasteiger partial charge < -0.3 is 11.1 Å². The molecule has 0 atom stereocenters. The molecule has 1 rings (SSSR count). The fraction of sp³-hybridized carbons (Fsp3) is 0.455. The van der Waals surface area contributed by atoms with E-state index < -0.39 is 0 Å². The molecular formula is C11H16Cl2N2. The number of halogens is 2. The summed E-state index contributed by atoms with van der Waals surface area (Å²) in [6, 6.07) is 5.58. The molecule has 0 aliphatic carbocycles. The number of hydrogen-bond acceptors (Lipinski definition) is 2. The quantitative estimate of drug-likeness (QED) is 0.803. The molecule has 0 amide bonds. The summed E-state index contributed by atoms with van der Waals surface area (Å²) in [5, 5.41) is 4.47. The minimum Gasteiger partial charge on any atom is -0.318 e. The average Bonchev–Trinajstić information content (AvgIpc) is 2.14. The summed E-state index contributed by atoms with van der Waals surface area (Å²) in [5.41, 5.74) is 6.43. The Hall–Kier alpha value is -0.280. The van der Waals surface area contributed by atoms with Crippen molar-refractivity contribution in [2.75, 3.05) is 13.2 Å². The van der Waals surface area contributed by atoms with E-state index in [1.807, 2.05) is 12.1 Å². The van der Waals surface area contributed by atoms with Crippen molar-refractivity contribution in [3.05, 3.63) is 33.8 Å². The SMILES string of the molecule is CC(C)(CNCN)c1ccc(Cl)cc1Cl. The van der Waals surface area contributed by atoms with Crippen molar-refractivity contribution >= 4 is 23.2 Å². The second-order valence-electron chi connectivity index (χ2n) is 4.14. The third-order valence-electron chi connectivity index (χ3n) is 2.37. The van der Waals surface area contributed by atoms with E-state index in [1.54, 1.807) is 6.07 Å². The van der Waals surface area contributed by atoms with Crippen LogP contribution in [0, 0.1) is 0 Å². The molecular weight excluding hydrogens is 231 g/mol. The molecule has 1 aromatic carbocycles. The Morgan fingerprint density at radius 1 is 1.33 bits per heavy atom. The van der Waals surface area contributed by atoms with Crippen LogP contribution in [0.3, 0.4) is 0 Å². The van der Waals surface area contributed by atoms with Gasteiger partial charge in [0.2, 0.25) is 0 Å². The van der Waals surface area contributed by atoms with Gasteiger partial charge in [-0.3, -0.25) is 0 Å². The van der Waals surface area contributed by atoms with Crippen LogP contribution in [0.15, 0.2) is 18.2 Å². The summed E-state index contributed by atoms with van der Waals surface area (Å²) in [5.74, 6) is 0. The largest absolute Gasteiger partial charge is 0.318 e. The van der Waals surface area contributed by atoms with Gasteiger partial charge >= 0.3 is 0 Å². The maximum Gasteiger partial charge on any atom is 0.0458 e. The first-order valence-corrected chi connectivity index (χ1v) is 5.59. The first-order valence-electron chi connectivity index (χ1n) is 4.83. The van der Waals surface area contributed by atoms with Gasteiger partial charge in [0.15, 0.2) is 0 Å². The van der Waals surface area contributed by atoms with E-state index in [4.69, 9.17) is 28.9 Å². The van der Waals surface area contributed by atoms with Crippen LogP contribution in [0.25, 0.3) is 0 Å². The highest BCUT2D eigenvalue weighted by Gasteiger charge is 2.22. The van der Waals surface area contributed by atoms with Gasteiger partial charge in [0.05, 0.1) is 0 Å². The highest BCUT2D eigenvalue weighted by Crippen LogP contribution is 2.31. The Morgan fingerprint density at radius 3 is 2.53 bits per heavy atom. The van der Waals surface area contributed by atoms with E-state index in [-0.39, 0.29) is 5.41 Å².